The first kappa shape index (κ1) is 14.5. The number of β-amino-alcohol motifs (C(OH)–C–C–N with tert-alkyl or cyclic N) is 1. The van der Waals surface area contributed by atoms with Crippen LogP contribution in [0.25, 0.3) is 0 Å². The highest BCUT2D eigenvalue weighted by atomic mass is 79.9. The summed E-state index contributed by atoms with van der Waals surface area (Å²) in [6, 6.07) is 7.57. The molecule has 0 spiro atoms. The molecule has 0 saturated carbocycles. The summed E-state index contributed by atoms with van der Waals surface area (Å²) >= 11 is 3.40. The lowest BCUT2D eigenvalue weighted by Crippen LogP contribution is -2.39. The molecule has 1 fully saturated rings. The van der Waals surface area contributed by atoms with E-state index in [1.54, 1.807) is 0 Å². The van der Waals surface area contributed by atoms with Gasteiger partial charge in [0.05, 0.1) is 11.8 Å². The van der Waals surface area contributed by atoms with Crippen molar-refractivity contribution < 1.29 is 9.90 Å². The number of nitrogens with zero attached hydrogens (tertiary/aromatic N) is 1. The number of carbonyl (C=O) groups is 1. The predicted molar refractivity (Wildman–Crippen MR) is 79.1 cm³/mol. The molecule has 4 nitrogen and oxygen atoms in total. The molecule has 1 aliphatic heterocycles. The van der Waals surface area contributed by atoms with Crippen LogP contribution in [0.4, 0.5) is 5.69 Å². The van der Waals surface area contributed by atoms with Crippen LogP contribution in [0.5, 0.6) is 0 Å². The van der Waals surface area contributed by atoms with E-state index in [4.69, 9.17) is 0 Å². The van der Waals surface area contributed by atoms with E-state index >= 15 is 0 Å². The van der Waals surface area contributed by atoms with Crippen LogP contribution in [0.1, 0.15) is 19.3 Å². The summed E-state index contributed by atoms with van der Waals surface area (Å²) < 4.78 is 0.886. The van der Waals surface area contributed by atoms with Crippen LogP contribution in [-0.4, -0.2) is 41.7 Å². The number of nitrogens with one attached hydrogen (secondary N) is 1. The summed E-state index contributed by atoms with van der Waals surface area (Å²) in [5.74, 6) is 0.00645. The third-order valence-corrected chi connectivity index (χ3v) is 3.98. The molecule has 0 aromatic heterocycles. The molecule has 104 valence electrons. The number of aliphatic hydroxyl groups is 1. The fourth-order valence-electron chi connectivity index (χ4n) is 2.27. The van der Waals surface area contributed by atoms with Gasteiger partial charge in [-0.2, -0.15) is 0 Å². The lowest BCUT2D eigenvalue weighted by molar-refractivity contribution is -0.116. The second kappa shape index (κ2) is 7.03. The maximum absolute atomic E-state index is 11.9. The maximum Gasteiger partial charge on any atom is 0.225 e. The van der Waals surface area contributed by atoms with E-state index in [-0.39, 0.29) is 12.0 Å². The van der Waals surface area contributed by atoms with E-state index in [1.165, 1.54) is 0 Å². The van der Waals surface area contributed by atoms with Crippen molar-refractivity contribution in [2.45, 2.75) is 25.4 Å². The van der Waals surface area contributed by atoms with Gasteiger partial charge in [0.25, 0.3) is 0 Å². The van der Waals surface area contributed by atoms with Gasteiger partial charge in [-0.1, -0.05) is 12.1 Å². The lowest BCUT2D eigenvalue weighted by atomic mass is 10.1. The van der Waals surface area contributed by atoms with Crippen molar-refractivity contribution in [3.63, 3.8) is 0 Å². The molecule has 2 rings (SSSR count). The molecule has 19 heavy (non-hydrogen) atoms. The van der Waals surface area contributed by atoms with Gasteiger partial charge in [0.15, 0.2) is 0 Å². The Hall–Kier alpha value is -0.910. The zero-order chi connectivity index (χ0) is 13.7. The number of amides is 1. The second-order valence-corrected chi connectivity index (χ2v) is 5.73. The van der Waals surface area contributed by atoms with Crippen LogP contribution in [0.3, 0.4) is 0 Å². The van der Waals surface area contributed by atoms with Gasteiger partial charge < -0.3 is 15.3 Å². The second-order valence-electron chi connectivity index (χ2n) is 4.87. The third kappa shape index (κ3) is 4.60. The van der Waals surface area contributed by atoms with Crippen molar-refractivity contribution in [2.75, 3.05) is 25.0 Å². The van der Waals surface area contributed by atoms with Gasteiger partial charge in [0.1, 0.15) is 0 Å². The molecule has 0 radical (unpaired) electrons. The highest BCUT2D eigenvalue weighted by Gasteiger charge is 2.18. The van der Waals surface area contributed by atoms with E-state index in [2.05, 4.69) is 26.1 Å². The monoisotopic (exact) mass is 326 g/mol. The molecule has 1 aromatic carbocycles. The summed E-state index contributed by atoms with van der Waals surface area (Å²) in [4.78, 5) is 14.0. The van der Waals surface area contributed by atoms with Gasteiger partial charge in [-0.05, 0) is 47.4 Å². The number of anilines is 1. The summed E-state index contributed by atoms with van der Waals surface area (Å²) in [5.41, 5.74) is 0.797. The Balaban J connectivity index is 1.77. The van der Waals surface area contributed by atoms with Gasteiger partial charge in [0.2, 0.25) is 5.91 Å². The Morgan fingerprint density at radius 2 is 2.26 bits per heavy atom. The SMILES string of the molecule is O=C(CCN1CCCC(O)C1)Nc1ccccc1Br. The largest absolute Gasteiger partial charge is 0.392 e. The number of hydrogen-bond acceptors (Lipinski definition) is 3. The number of carbonyl (C=O) groups excluding carboxylic acids is 1. The Labute approximate surface area is 121 Å². The van der Waals surface area contributed by atoms with Crippen molar-refractivity contribution in [1.82, 2.24) is 4.90 Å². The minimum Gasteiger partial charge on any atom is -0.392 e. The highest BCUT2D eigenvalue weighted by molar-refractivity contribution is 9.10. The number of likely N-dealkylation sites (tertiary alicyclic amines) is 1. The molecular formula is C14H19BrN2O2. The van der Waals surface area contributed by atoms with Gasteiger partial charge in [-0.25, -0.2) is 0 Å². The van der Waals surface area contributed by atoms with Crippen molar-refractivity contribution in [2.24, 2.45) is 0 Å². The molecule has 1 aromatic rings. The highest BCUT2D eigenvalue weighted by Crippen LogP contribution is 2.21. The molecular weight excluding hydrogens is 308 g/mol. The molecule has 1 saturated heterocycles. The van der Waals surface area contributed by atoms with Crippen LogP contribution in [0.2, 0.25) is 0 Å². The Morgan fingerprint density at radius 3 is 3.00 bits per heavy atom. The van der Waals surface area contributed by atoms with Crippen molar-refractivity contribution in [3.8, 4) is 0 Å². The van der Waals surface area contributed by atoms with E-state index in [1.807, 2.05) is 24.3 Å². The topological polar surface area (TPSA) is 52.6 Å². The van der Waals surface area contributed by atoms with Crippen LogP contribution < -0.4 is 5.32 Å². The first-order valence-corrected chi connectivity index (χ1v) is 7.39. The molecule has 0 bridgehead atoms. The lowest BCUT2D eigenvalue weighted by Gasteiger charge is -2.29. The van der Waals surface area contributed by atoms with Crippen molar-refractivity contribution in [3.05, 3.63) is 28.7 Å². The minimum atomic E-state index is -0.236. The van der Waals surface area contributed by atoms with Crippen LogP contribution in [-0.2, 0) is 4.79 Å². The average molecular weight is 327 g/mol. The number of aliphatic hydroxyl groups excluding tert-OH is 1. The van der Waals surface area contributed by atoms with Crippen LogP contribution in [0.15, 0.2) is 28.7 Å². The van der Waals surface area contributed by atoms with Crippen LogP contribution in [0, 0.1) is 0 Å². The molecule has 1 heterocycles. The summed E-state index contributed by atoms with van der Waals surface area (Å²) in [6.45, 7) is 2.36. The van der Waals surface area contributed by atoms with E-state index in [9.17, 15) is 9.90 Å². The Kier molecular flexibility index (Phi) is 5.36. The zero-order valence-electron chi connectivity index (χ0n) is 10.8. The van der Waals surface area contributed by atoms with Crippen molar-refractivity contribution in [1.29, 1.82) is 0 Å². The molecule has 0 aliphatic carbocycles. The molecule has 2 N–H and O–H groups in total. The van der Waals surface area contributed by atoms with Gasteiger partial charge in [-0.3, -0.25) is 4.79 Å². The van der Waals surface area contributed by atoms with Gasteiger partial charge >= 0.3 is 0 Å². The maximum atomic E-state index is 11.9. The Morgan fingerprint density at radius 1 is 1.47 bits per heavy atom. The number of benzene rings is 1. The molecule has 5 heteroatoms. The third-order valence-electron chi connectivity index (χ3n) is 3.28. The van der Waals surface area contributed by atoms with E-state index < -0.39 is 0 Å². The zero-order valence-corrected chi connectivity index (χ0v) is 12.4. The normalized spacial score (nSPS) is 20.2. The van der Waals surface area contributed by atoms with Crippen LogP contribution >= 0.6 is 15.9 Å². The Bertz CT molecular complexity index is 439. The summed E-state index contributed by atoms with van der Waals surface area (Å²) in [7, 11) is 0. The summed E-state index contributed by atoms with van der Waals surface area (Å²) in [6.07, 6.45) is 2.10. The first-order valence-electron chi connectivity index (χ1n) is 6.60. The summed E-state index contributed by atoms with van der Waals surface area (Å²) in [5, 5.41) is 12.5. The average Bonchev–Trinajstić information content (AvgIpc) is 2.39. The molecule has 1 atom stereocenters. The van der Waals surface area contributed by atoms with Crippen molar-refractivity contribution >= 4 is 27.5 Å². The number of rotatable bonds is 4. The fourth-order valence-corrected chi connectivity index (χ4v) is 2.65. The molecule has 1 amide bonds. The number of piperidine rings is 1. The number of hydrogen-bond donors (Lipinski definition) is 2. The number of para-hydroxylation sites is 1. The quantitative estimate of drug-likeness (QED) is 0.892. The number of halogens is 1. The van der Waals surface area contributed by atoms with E-state index in [0.717, 1.165) is 29.5 Å². The minimum absolute atomic E-state index is 0.00645. The standard InChI is InChI=1S/C14H19BrN2O2/c15-12-5-1-2-6-13(12)16-14(19)7-9-17-8-3-4-11(18)10-17/h1-2,5-6,11,18H,3-4,7-10H2,(H,16,19). The fraction of sp³-hybridized carbons (Fsp3) is 0.500. The van der Waals surface area contributed by atoms with Gasteiger partial charge in [-0.15, -0.1) is 0 Å². The molecule has 1 unspecified atom stereocenters. The molecule has 1 aliphatic rings. The predicted octanol–water partition coefficient (Wildman–Crippen LogP) is 2.23. The van der Waals surface area contributed by atoms with Gasteiger partial charge in [0, 0.05) is 24.0 Å². The first-order chi connectivity index (χ1) is 9.15. The smallest absolute Gasteiger partial charge is 0.225 e. The van der Waals surface area contributed by atoms with E-state index in [0.29, 0.717) is 19.5 Å².